The van der Waals surface area contributed by atoms with Crippen molar-refractivity contribution in [2.75, 3.05) is 13.1 Å². The number of halogens is 1. The van der Waals surface area contributed by atoms with Gasteiger partial charge in [-0.05, 0) is 35.8 Å². The van der Waals surface area contributed by atoms with Gasteiger partial charge in [0.05, 0.1) is 17.6 Å². The van der Waals surface area contributed by atoms with E-state index in [2.05, 4.69) is 31.2 Å². The Kier molecular flexibility index (Phi) is 2.60. The lowest BCUT2D eigenvalue weighted by atomic mass is 10.1. The molecule has 0 saturated carbocycles. The highest BCUT2D eigenvalue weighted by atomic mass is 79.9. The highest BCUT2D eigenvalue weighted by molar-refractivity contribution is 9.10. The Labute approximate surface area is 86.1 Å². The number of aryl methyl sites for hydroxylation is 1. The summed E-state index contributed by atoms with van der Waals surface area (Å²) in [6, 6.07) is 0. The fourth-order valence-electron chi connectivity index (χ4n) is 1.59. The van der Waals surface area contributed by atoms with Gasteiger partial charge in [0, 0.05) is 12.5 Å². The van der Waals surface area contributed by atoms with Crippen molar-refractivity contribution < 1.29 is 0 Å². The van der Waals surface area contributed by atoms with Crippen molar-refractivity contribution in [2.45, 2.75) is 19.3 Å². The van der Waals surface area contributed by atoms with E-state index >= 15 is 0 Å². The van der Waals surface area contributed by atoms with Gasteiger partial charge in [-0.2, -0.15) is 0 Å². The maximum Gasteiger partial charge on any atom is 0.127 e. The minimum Gasteiger partial charge on any atom is -0.316 e. The van der Waals surface area contributed by atoms with Crippen LogP contribution in [0.1, 0.15) is 23.7 Å². The van der Waals surface area contributed by atoms with Crippen molar-refractivity contribution in [2.24, 2.45) is 0 Å². The van der Waals surface area contributed by atoms with Crippen LogP contribution in [-0.4, -0.2) is 23.1 Å². The molecule has 70 valence electrons. The third-order valence-electron chi connectivity index (χ3n) is 2.38. The number of aromatic nitrogens is 2. The average Bonchev–Trinajstić information content (AvgIpc) is 2.62. The molecule has 1 aliphatic rings. The third-order valence-corrected chi connectivity index (χ3v) is 3.16. The maximum atomic E-state index is 4.51. The highest BCUT2D eigenvalue weighted by Crippen LogP contribution is 2.21. The first-order valence-electron chi connectivity index (χ1n) is 4.47. The summed E-state index contributed by atoms with van der Waals surface area (Å²) in [5.41, 5.74) is 2.09. The molecular formula is C9H12BrN3. The zero-order chi connectivity index (χ0) is 9.26. The van der Waals surface area contributed by atoms with Crippen molar-refractivity contribution in [1.29, 1.82) is 0 Å². The lowest BCUT2D eigenvalue weighted by Gasteiger charge is -2.07. The molecule has 0 bridgehead atoms. The second-order valence-corrected chi connectivity index (χ2v) is 4.11. The van der Waals surface area contributed by atoms with Gasteiger partial charge in [-0.3, -0.25) is 4.98 Å². The van der Waals surface area contributed by atoms with Crippen molar-refractivity contribution in [3.63, 3.8) is 0 Å². The molecule has 1 saturated heterocycles. The Hall–Kier alpha value is -0.480. The van der Waals surface area contributed by atoms with Crippen LogP contribution in [0.5, 0.6) is 0 Å². The fourth-order valence-corrected chi connectivity index (χ4v) is 1.78. The van der Waals surface area contributed by atoms with E-state index in [0.29, 0.717) is 5.92 Å². The molecule has 1 N–H and O–H groups in total. The molecular weight excluding hydrogens is 230 g/mol. The monoisotopic (exact) mass is 241 g/mol. The number of hydrogen-bond donors (Lipinski definition) is 1. The van der Waals surface area contributed by atoms with Gasteiger partial charge in [0.25, 0.3) is 0 Å². The third kappa shape index (κ3) is 1.89. The average molecular weight is 242 g/mol. The second kappa shape index (κ2) is 3.72. The van der Waals surface area contributed by atoms with Crippen LogP contribution in [0.2, 0.25) is 0 Å². The molecule has 0 aromatic carbocycles. The molecule has 4 heteroatoms. The Morgan fingerprint density at radius 2 is 2.46 bits per heavy atom. The van der Waals surface area contributed by atoms with E-state index in [1.54, 1.807) is 0 Å². The predicted octanol–water partition coefficient (Wildman–Crippen LogP) is 1.62. The van der Waals surface area contributed by atoms with Gasteiger partial charge in [0.15, 0.2) is 0 Å². The Balaban J connectivity index is 2.25. The van der Waals surface area contributed by atoms with Crippen LogP contribution in [-0.2, 0) is 0 Å². The van der Waals surface area contributed by atoms with Crippen molar-refractivity contribution in [3.8, 4) is 0 Å². The molecule has 13 heavy (non-hydrogen) atoms. The van der Waals surface area contributed by atoms with E-state index in [1.807, 2.05) is 13.1 Å². The van der Waals surface area contributed by atoms with Crippen LogP contribution < -0.4 is 5.32 Å². The van der Waals surface area contributed by atoms with E-state index in [4.69, 9.17) is 0 Å². The highest BCUT2D eigenvalue weighted by Gasteiger charge is 2.18. The number of rotatable bonds is 1. The molecule has 3 nitrogen and oxygen atoms in total. The van der Waals surface area contributed by atoms with Crippen LogP contribution in [0.25, 0.3) is 0 Å². The Morgan fingerprint density at radius 3 is 3.08 bits per heavy atom. The smallest absolute Gasteiger partial charge is 0.127 e. The Bertz CT molecular complexity index is 308. The normalized spacial score (nSPS) is 22.2. The van der Waals surface area contributed by atoms with Crippen LogP contribution in [0, 0.1) is 6.92 Å². The first-order chi connectivity index (χ1) is 6.27. The minimum absolute atomic E-state index is 0.555. The van der Waals surface area contributed by atoms with Crippen LogP contribution in [0.3, 0.4) is 0 Å². The summed E-state index contributed by atoms with van der Waals surface area (Å²) in [4.78, 5) is 8.75. The molecule has 2 rings (SSSR count). The van der Waals surface area contributed by atoms with E-state index < -0.39 is 0 Å². The van der Waals surface area contributed by atoms with Gasteiger partial charge in [0.1, 0.15) is 4.60 Å². The number of nitrogens with zero attached hydrogens (tertiary/aromatic N) is 2. The number of nitrogens with one attached hydrogen (secondary N) is 1. The fraction of sp³-hybridized carbons (Fsp3) is 0.556. The van der Waals surface area contributed by atoms with Gasteiger partial charge in [-0.1, -0.05) is 0 Å². The molecule has 0 aliphatic carbocycles. The SMILES string of the molecule is Cc1nc(C2CCNC2)cnc1Br. The topological polar surface area (TPSA) is 37.8 Å². The summed E-state index contributed by atoms with van der Waals surface area (Å²) in [7, 11) is 0. The van der Waals surface area contributed by atoms with Gasteiger partial charge >= 0.3 is 0 Å². The summed E-state index contributed by atoms with van der Waals surface area (Å²) in [6.07, 6.45) is 3.05. The molecule has 1 atom stereocenters. The minimum atomic E-state index is 0.555. The lowest BCUT2D eigenvalue weighted by Crippen LogP contribution is -2.09. The molecule has 1 aromatic rings. The van der Waals surface area contributed by atoms with Gasteiger partial charge in [-0.15, -0.1) is 0 Å². The molecule has 1 aliphatic heterocycles. The zero-order valence-electron chi connectivity index (χ0n) is 7.55. The van der Waals surface area contributed by atoms with E-state index in [-0.39, 0.29) is 0 Å². The first-order valence-corrected chi connectivity index (χ1v) is 5.26. The molecule has 1 unspecified atom stereocenters. The summed E-state index contributed by atoms with van der Waals surface area (Å²) in [6.45, 7) is 4.11. The molecule has 2 heterocycles. The van der Waals surface area contributed by atoms with Gasteiger partial charge < -0.3 is 5.32 Å². The van der Waals surface area contributed by atoms with Crippen LogP contribution in [0.4, 0.5) is 0 Å². The molecule has 0 spiro atoms. The van der Waals surface area contributed by atoms with Crippen LogP contribution >= 0.6 is 15.9 Å². The quantitative estimate of drug-likeness (QED) is 0.813. The van der Waals surface area contributed by atoms with Crippen molar-refractivity contribution in [1.82, 2.24) is 15.3 Å². The van der Waals surface area contributed by atoms with Crippen molar-refractivity contribution in [3.05, 3.63) is 22.2 Å². The summed E-state index contributed by atoms with van der Waals surface area (Å²) in [5, 5.41) is 3.33. The summed E-state index contributed by atoms with van der Waals surface area (Å²) < 4.78 is 0.849. The molecule has 0 radical (unpaired) electrons. The van der Waals surface area contributed by atoms with E-state index in [9.17, 15) is 0 Å². The van der Waals surface area contributed by atoms with Gasteiger partial charge in [-0.25, -0.2) is 4.98 Å². The van der Waals surface area contributed by atoms with Crippen LogP contribution in [0.15, 0.2) is 10.8 Å². The number of hydrogen-bond acceptors (Lipinski definition) is 3. The van der Waals surface area contributed by atoms with E-state index in [0.717, 1.165) is 29.1 Å². The molecule has 0 amide bonds. The lowest BCUT2D eigenvalue weighted by molar-refractivity contribution is 0.722. The Morgan fingerprint density at radius 1 is 1.62 bits per heavy atom. The molecule has 1 fully saturated rings. The maximum absolute atomic E-state index is 4.51. The van der Waals surface area contributed by atoms with E-state index in [1.165, 1.54) is 6.42 Å². The second-order valence-electron chi connectivity index (χ2n) is 3.36. The summed E-state index contributed by atoms with van der Waals surface area (Å²) in [5.74, 6) is 0.555. The van der Waals surface area contributed by atoms with Crippen molar-refractivity contribution >= 4 is 15.9 Å². The first kappa shape index (κ1) is 9.09. The summed E-state index contributed by atoms with van der Waals surface area (Å²) >= 11 is 3.35. The molecule has 1 aromatic heterocycles. The standard InChI is InChI=1S/C9H12BrN3/c1-6-9(10)12-5-8(13-6)7-2-3-11-4-7/h5,7,11H,2-4H2,1H3. The zero-order valence-corrected chi connectivity index (χ0v) is 9.13. The largest absolute Gasteiger partial charge is 0.316 e. The van der Waals surface area contributed by atoms with Gasteiger partial charge in [0.2, 0.25) is 0 Å². The predicted molar refractivity (Wildman–Crippen MR) is 54.7 cm³/mol.